The molecule has 0 heterocycles. The van der Waals surface area contributed by atoms with Crippen LogP contribution in [0.1, 0.15) is 30.4 Å². The Labute approximate surface area is 187 Å². The third kappa shape index (κ3) is 5.64. The van der Waals surface area contributed by atoms with Crippen LogP contribution in [0, 0.1) is 0 Å². The molecule has 0 aromatic heterocycles. The van der Waals surface area contributed by atoms with Crippen molar-refractivity contribution in [1.82, 2.24) is 10.2 Å². The fraction of sp³-hybridized carbons (Fsp3) is 0.375. The van der Waals surface area contributed by atoms with Crippen LogP contribution in [-0.4, -0.2) is 67.4 Å². The van der Waals surface area contributed by atoms with E-state index in [4.69, 9.17) is 14.6 Å². The Kier molecular flexibility index (Phi) is 7.83. The second-order valence-electron chi connectivity index (χ2n) is 7.78. The minimum Gasteiger partial charge on any atom is -0.480 e. The van der Waals surface area contributed by atoms with Crippen LogP contribution < -0.4 is 5.32 Å². The Morgan fingerprint density at radius 3 is 2.22 bits per heavy atom. The van der Waals surface area contributed by atoms with E-state index in [1.165, 1.54) is 12.0 Å². The number of alkyl carbamates (subject to hydrolysis) is 1. The predicted molar refractivity (Wildman–Crippen MR) is 118 cm³/mol. The molecule has 1 aliphatic rings. The molecule has 1 aliphatic carbocycles. The molecule has 0 spiro atoms. The molecule has 1 atom stereocenters. The van der Waals surface area contributed by atoms with E-state index in [0.717, 1.165) is 22.3 Å². The summed E-state index contributed by atoms with van der Waals surface area (Å²) in [5.41, 5.74) is 4.52. The second kappa shape index (κ2) is 10.8. The zero-order valence-corrected chi connectivity index (χ0v) is 18.2. The molecule has 0 radical (unpaired) electrons. The number of ether oxygens (including phenoxy) is 2. The van der Waals surface area contributed by atoms with E-state index < -0.39 is 24.6 Å². The molecular weight excluding hydrogens is 412 g/mol. The molecular formula is C24H28N2O6. The fourth-order valence-corrected chi connectivity index (χ4v) is 3.94. The van der Waals surface area contributed by atoms with Gasteiger partial charge in [0.15, 0.2) is 0 Å². The molecule has 8 nitrogen and oxygen atoms in total. The number of carboxylic acid groups (broad SMARTS) is 1. The Morgan fingerprint density at radius 2 is 1.66 bits per heavy atom. The van der Waals surface area contributed by atoms with Gasteiger partial charge in [0, 0.05) is 32.0 Å². The SMILES string of the molecule is COCCN(CC(=O)O)C(=O)CC(C)NC(=O)OCC1c2ccccc2-c2ccccc21. The summed E-state index contributed by atoms with van der Waals surface area (Å²) >= 11 is 0. The van der Waals surface area contributed by atoms with Gasteiger partial charge in [-0.15, -0.1) is 0 Å². The largest absolute Gasteiger partial charge is 0.480 e. The Morgan fingerprint density at radius 1 is 1.06 bits per heavy atom. The van der Waals surface area contributed by atoms with E-state index >= 15 is 0 Å². The van der Waals surface area contributed by atoms with Crippen LogP contribution in [0.2, 0.25) is 0 Å². The summed E-state index contributed by atoms with van der Waals surface area (Å²) in [5, 5.41) is 11.7. The van der Waals surface area contributed by atoms with E-state index in [1.807, 2.05) is 36.4 Å². The van der Waals surface area contributed by atoms with Gasteiger partial charge in [-0.3, -0.25) is 9.59 Å². The lowest BCUT2D eigenvalue weighted by atomic mass is 9.98. The van der Waals surface area contributed by atoms with Crippen LogP contribution in [0.25, 0.3) is 11.1 Å². The first-order valence-electron chi connectivity index (χ1n) is 10.5. The zero-order valence-electron chi connectivity index (χ0n) is 18.2. The highest BCUT2D eigenvalue weighted by atomic mass is 16.5. The van der Waals surface area contributed by atoms with Crippen molar-refractivity contribution in [3.8, 4) is 11.1 Å². The molecule has 2 N–H and O–H groups in total. The van der Waals surface area contributed by atoms with E-state index in [2.05, 4.69) is 17.4 Å². The van der Waals surface area contributed by atoms with Crippen LogP contribution in [0.15, 0.2) is 48.5 Å². The van der Waals surface area contributed by atoms with Crippen LogP contribution >= 0.6 is 0 Å². The van der Waals surface area contributed by atoms with Crippen LogP contribution in [0.5, 0.6) is 0 Å². The van der Waals surface area contributed by atoms with E-state index in [-0.39, 0.29) is 38.0 Å². The summed E-state index contributed by atoms with van der Waals surface area (Å²) in [4.78, 5) is 37.0. The lowest BCUT2D eigenvalue weighted by Gasteiger charge is -2.22. The Hall–Kier alpha value is -3.39. The molecule has 0 saturated carbocycles. The normalized spacial score (nSPS) is 13.1. The molecule has 2 aromatic carbocycles. The molecule has 3 rings (SSSR count). The number of nitrogens with zero attached hydrogens (tertiary/aromatic N) is 1. The maximum Gasteiger partial charge on any atom is 0.407 e. The number of benzene rings is 2. The highest BCUT2D eigenvalue weighted by Gasteiger charge is 2.29. The molecule has 8 heteroatoms. The molecule has 0 fully saturated rings. The molecule has 0 bridgehead atoms. The van der Waals surface area contributed by atoms with Gasteiger partial charge in [0.05, 0.1) is 6.61 Å². The van der Waals surface area contributed by atoms with Crippen molar-refractivity contribution >= 4 is 18.0 Å². The van der Waals surface area contributed by atoms with Gasteiger partial charge in [-0.25, -0.2) is 4.79 Å². The minimum absolute atomic E-state index is 0.0405. The standard InChI is InChI=1S/C24H28N2O6/c1-16(13-22(27)26(11-12-31-2)14-23(28)29)25-24(30)32-15-21-19-9-5-3-7-17(19)18-8-4-6-10-20(18)21/h3-10,16,21H,11-15H2,1-2H3,(H,25,30)(H,28,29). The average molecular weight is 440 g/mol. The topological polar surface area (TPSA) is 105 Å². The smallest absolute Gasteiger partial charge is 0.407 e. The van der Waals surface area contributed by atoms with Gasteiger partial charge in [-0.2, -0.15) is 0 Å². The molecule has 32 heavy (non-hydrogen) atoms. The molecule has 2 aromatic rings. The van der Waals surface area contributed by atoms with Gasteiger partial charge in [-0.1, -0.05) is 48.5 Å². The monoisotopic (exact) mass is 440 g/mol. The summed E-state index contributed by atoms with van der Waals surface area (Å²) in [7, 11) is 1.48. The molecule has 0 aliphatic heterocycles. The lowest BCUT2D eigenvalue weighted by Crippen LogP contribution is -2.42. The maximum absolute atomic E-state index is 12.4. The van der Waals surface area contributed by atoms with Crippen LogP contribution in [0.4, 0.5) is 4.79 Å². The number of hydrogen-bond acceptors (Lipinski definition) is 5. The van der Waals surface area contributed by atoms with Gasteiger partial charge in [-0.05, 0) is 29.2 Å². The fourth-order valence-electron chi connectivity index (χ4n) is 3.94. The first kappa shape index (κ1) is 23.3. The van der Waals surface area contributed by atoms with Crippen molar-refractivity contribution in [2.75, 3.05) is 33.4 Å². The summed E-state index contributed by atoms with van der Waals surface area (Å²) < 4.78 is 10.4. The Bertz CT molecular complexity index is 931. The van der Waals surface area contributed by atoms with Crippen molar-refractivity contribution in [2.24, 2.45) is 0 Å². The van der Waals surface area contributed by atoms with Gasteiger partial charge in [0.1, 0.15) is 13.2 Å². The number of nitrogens with one attached hydrogen (secondary N) is 1. The van der Waals surface area contributed by atoms with E-state index in [9.17, 15) is 14.4 Å². The quantitative estimate of drug-likeness (QED) is 0.589. The molecule has 0 saturated heterocycles. The van der Waals surface area contributed by atoms with Crippen molar-refractivity contribution < 1.29 is 29.0 Å². The number of carboxylic acids is 1. The van der Waals surface area contributed by atoms with E-state index in [1.54, 1.807) is 6.92 Å². The van der Waals surface area contributed by atoms with Crippen molar-refractivity contribution in [1.29, 1.82) is 0 Å². The van der Waals surface area contributed by atoms with Crippen molar-refractivity contribution in [2.45, 2.75) is 25.3 Å². The number of hydrogen-bond donors (Lipinski definition) is 2. The number of fused-ring (bicyclic) bond motifs is 3. The Balaban J connectivity index is 1.55. The third-order valence-electron chi connectivity index (χ3n) is 5.43. The first-order valence-corrected chi connectivity index (χ1v) is 10.5. The third-order valence-corrected chi connectivity index (χ3v) is 5.43. The zero-order chi connectivity index (χ0) is 23.1. The summed E-state index contributed by atoms with van der Waals surface area (Å²) in [6.45, 7) is 1.83. The number of carbonyl (C=O) groups excluding carboxylic acids is 2. The van der Waals surface area contributed by atoms with Crippen LogP contribution in [-0.2, 0) is 19.1 Å². The number of methoxy groups -OCH3 is 1. The van der Waals surface area contributed by atoms with Gasteiger partial charge in [0.25, 0.3) is 0 Å². The number of amides is 2. The van der Waals surface area contributed by atoms with Gasteiger partial charge < -0.3 is 24.8 Å². The first-order chi connectivity index (χ1) is 15.4. The minimum atomic E-state index is -1.10. The van der Waals surface area contributed by atoms with Gasteiger partial charge in [0.2, 0.25) is 5.91 Å². The number of aliphatic carboxylic acids is 1. The highest BCUT2D eigenvalue weighted by Crippen LogP contribution is 2.44. The molecule has 1 unspecified atom stereocenters. The highest BCUT2D eigenvalue weighted by molar-refractivity contribution is 5.82. The maximum atomic E-state index is 12.4. The van der Waals surface area contributed by atoms with E-state index in [0.29, 0.717) is 0 Å². The van der Waals surface area contributed by atoms with Crippen LogP contribution in [0.3, 0.4) is 0 Å². The number of carbonyl (C=O) groups is 3. The average Bonchev–Trinajstić information content (AvgIpc) is 3.08. The summed E-state index contributed by atoms with van der Waals surface area (Å²) in [6.07, 6.45) is -0.657. The number of rotatable bonds is 10. The lowest BCUT2D eigenvalue weighted by molar-refractivity contribution is -0.145. The molecule has 2 amide bonds. The van der Waals surface area contributed by atoms with Gasteiger partial charge >= 0.3 is 12.1 Å². The second-order valence-corrected chi connectivity index (χ2v) is 7.78. The summed E-state index contributed by atoms with van der Waals surface area (Å²) in [6, 6.07) is 15.6. The predicted octanol–water partition coefficient (Wildman–Crippen LogP) is 2.86. The summed E-state index contributed by atoms with van der Waals surface area (Å²) in [5.74, 6) is -1.53. The molecule has 170 valence electrons. The van der Waals surface area contributed by atoms with Crippen molar-refractivity contribution in [3.05, 3.63) is 59.7 Å². The van der Waals surface area contributed by atoms with Crippen molar-refractivity contribution in [3.63, 3.8) is 0 Å².